The van der Waals surface area contributed by atoms with Crippen LogP contribution in [0.3, 0.4) is 0 Å². The molecular weight excluding hydrogens is 386 g/mol. The molecule has 5 rings (SSSR count). The molecule has 2 aromatic carbocycles. The summed E-state index contributed by atoms with van der Waals surface area (Å²) in [6.45, 7) is 8.45. The van der Waals surface area contributed by atoms with Crippen molar-refractivity contribution < 1.29 is 8.53 Å². The number of thiophene rings is 1. The van der Waals surface area contributed by atoms with E-state index in [4.69, 9.17) is 8.53 Å². The molecule has 3 heteroatoms. The van der Waals surface area contributed by atoms with E-state index in [1.165, 1.54) is 26.7 Å². The SMILES string of the molecule is [2H]C([2H])([2H])c1cnc(-c2cccc3c2oc2c3ccc3sc(C)c(C)c32)cc1CC(C)(C)C. The zero-order valence-corrected chi connectivity index (χ0v) is 18.8. The van der Waals surface area contributed by atoms with Gasteiger partial charge in [0, 0.05) is 41.6 Å². The molecule has 0 atom stereocenters. The summed E-state index contributed by atoms with van der Waals surface area (Å²) in [6, 6.07) is 12.4. The van der Waals surface area contributed by atoms with Gasteiger partial charge >= 0.3 is 0 Å². The smallest absolute Gasteiger partial charge is 0.144 e. The summed E-state index contributed by atoms with van der Waals surface area (Å²) in [7, 11) is 0. The van der Waals surface area contributed by atoms with Crippen molar-refractivity contribution >= 4 is 43.4 Å². The standard InChI is InChI=1S/C27H27NOS/c1-15-14-28-22(12-18(15)13-27(4,5)6)21-9-7-8-19-20-10-11-23-24(16(2)17(3)30-23)26(20)29-25(19)21/h7-12,14H,13H2,1-6H3/i1D3. The number of fused-ring (bicyclic) bond motifs is 5. The Balaban J connectivity index is 1.77. The molecule has 152 valence electrons. The number of pyridine rings is 1. The number of aromatic nitrogens is 1. The summed E-state index contributed by atoms with van der Waals surface area (Å²) in [4.78, 5) is 5.89. The highest BCUT2D eigenvalue weighted by Gasteiger charge is 2.19. The van der Waals surface area contributed by atoms with E-state index in [0.29, 0.717) is 12.0 Å². The molecule has 0 aliphatic rings. The summed E-state index contributed by atoms with van der Waals surface area (Å²) < 4.78 is 31.7. The number of hydrogen-bond donors (Lipinski definition) is 0. The summed E-state index contributed by atoms with van der Waals surface area (Å²) in [6.07, 6.45) is 2.18. The average Bonchev–Trinajstić information content (AvgIpc) is 3.22. The molecule has 0 N–H and O–H groups in total. The Morgan fingerprint density at radius 2 is 1.87 bits per heavy atom. The third-order valence-corrected chi connectivity index (χ3v) is 6.95. The average molecular weight is 417 g/mol. The van der Waals surface area contributed by atoms with E-state index in [9.17, 15) is 0 Å². The van der Waals surface area contributed by atoms with Gasteiger partial charge < -0.3 is 4.42 Å². The first-order valence-electron chi connectivity index (χ1n) is 11.8. The van der Waals surface area contributed by atoms with Gasteiger partial charge in [0.1, 0.15) is 11.2 Å². The lowest BCUT2D eigenvalue weighted by Crippen LogP contribution is -2.10. The molecule has 30 heavy (non-hydrogen) atoms. The van der Waals surface area contributed by atoms with Gasteiger partial charge in [0.2, 0.25) is 0 Å². The third kappa shape index (κ3) is 3.04. The van der Waals surface area contributed by atoms with Crippen LogP contribution in [0.2, 0.25) is 0 Å². The molecule has 0 bridgehead atoms. The van der Waals surface area contributed by atoms with Gasteiger partial charge in [-0.15, -0.1) is 11.3 Å². The lowest BCUT2D eigenvalue weighted by Gasteiger charge is -2.20. The Morgan fingerprint density at radius 1 is 1.07 bits per heavy atom. The van der Waals surface area contributed by atoms with Crippen molar-refractivity contribution in [1.29, 1.82) is 0 Å². The van der Waals surface area contributed by atoms with Gasteiger partial charge in [-0.25, -0.2) is 0 Å². The van der Waals surface area contributed by atoms with E-state index in [0.717, 1.165) is 38.8 Å². The summed E-state index contributed by atoms with van der Waals surface area (Å²) in [5, 5.41) is 3.32. The van der Waals surface area contributed by atoms with Crippen LogP contribution in [-0.4, -0.2) is 4.98 Å². The number of hydrogen-bond acceptors (Lipinski definition) is 3. The van der Waals surface area contributed by atoms with Crippen molar-refractivity contribution in [3.63, 3.8) is 0 Å². The minimum absolute atomic E-state index is 0.0516. The van der Waals surface area contributed by atoms with E-state index in [1.54, 1.807) is 11.3 Å². The maximum absolute atomic E-state index is 7.98. The maximum Gasteiger partial charge on any atom is 0.144 e. The van der Waals surface area contributed by atoms with Gasteiger partial charge in [0.05, 0.1) is 5.69 Å². The monoisotopic (exact) mass is 416 g/mol. The molecule has 3 aromatic heterocycles. The molecule has 0 saturated heterocycles. The molecule has 2 nitrogen and oxygen atoms in total. The topological polar surface area (TPSA) is 26.0 Å². The minimum atomic E-state index is -2.20. The van der Waals surface area contributed by atoms with Crippen molar-refractivity contribution in [3.8, 4) is 11.3 Å². The second kappa shape index (κ2) is 6.68. The van der Waals surface area contributed by atoms with Crippen LogP contribution in [0.25, 0.3) is 43.3 Å². The molecule has 0 aliphatic heterocycles. The van der Waals surface area contributed by atoms with E-state index in [2.05, 4.69) is 57.8 Å². The van der Waals surface area contributed by atoms with Crippen molar-refractivity contribution in [1.82, 2.24) is 4.98 Å². The predicted octanol–water partition coefficient (Wildman–Crippen LogP) is 8.38. The van der Waals surface area contributed by atoms with Gasteiger partial charge in [-0.1, -0.05) is 32.9 Å². The fourth-order valence-corrected chi connectivity index (χ4v) is 5.33. The zero-order valence-electron chi connectivity index (χ0n) is 21.0. The molecular formula is C27H27NOS. The van der Waals surface area contributed by atoms with Gasteiger partial charge in [-0.3, -0.25) is 4.98 Å². The molecule has 0 amide bonds. The molecule has 0 fully saturated rings. The predicted molar refractivity (Wildman–Crippen MR) is 130 cm³/mol. The number of nitrogens with zero attached hydrogens (tertiary/aromatic N) is 1. The Bertz CT molecular complexity index is 1530. The molecule has 3 heterocycles. The Labute approximate surface area is 185 Å². The quantitative estimate of drug-likeness (QED) is 0.289. The number of furan rings is 1. The van der Waals surface area contributed by atoms with E-state index in [1.807, 2.05) is 18.2 Å². The van der Waals surface area contributed by atoms with Crippen LogP contribution in [0.15, 0.2) is 47.0 Å². The summed E-state index contributed by atoms with van der Waals surface area (Å²) in [5.41, 5.74) is 5.66. The lowest BCUT2D eigenvalue weighted by atomic mass is 9.86. The molecule has 5 aromatic rings. The maximum atomic E-state index is 7.98. The van der Waals surface area contributed by atoms with Gasteiger partial charge in [-0.05, 0) is 73.5 Å². The first-order chi connectivity index (χ1) is 15.4. The van der Waals surface area contributed by atoms with Crippen LogP contribution in [0.5, 0.6) is 0 Å². The normalized spacial score (nSPS) is 14.4. The molecule has 0 saturated carbocycles. The fraction of sp³-hybridized carbons (Fsp3) is 0.296. The van der Waals surface area contributed by atoms with E-state index >= 15 is 0 Å². The highest BCUT2D eigenvalue weighted by Crippen LogP contribution is 2.42. The Hall–Kier alpha value is -2.65. The van der Waals surface area contributed by atoms with Gasteiger partial charge in [0.15, 0.2) is 0 Å². The van der Waals surface area contributed by atoms with Crippen LogP contribution >= 0.6 is 11.3 Å². The van der Waals surface area contributed by atoms with Crippen LogP contribution in [-0.2, 0) is 6.42 Å². The molecule has 0 aliphatic carbocycles. The van der Waals surface area contributed by atoms with Crippen LogP contribution in [0.4, 0.5) is 0 Å². The zero-order chi connectivity index (χ0) is 23.7. The van der Waals surface area contributed by atoms with E-state index in [-0.39, 0.29) is 5.41 Å². The molecule has 0 spiro atoms. The number of para-hydroxylation sites is 1. The lowest BCUT2D eigenvalue weighted by molar-refractivity contribution is 0.410. The summed E-state index contributed by atoms with van der Waals surface area (Å²) in [5.74, 6) is 0. The fourth-order valence-electron chi connectivity index (χ4n) is 4.27. The third-order valence-electron chi connectivity index (χ3n) is 5.78. The highest BCUT2D eigenvalue weighted by molar-refractivity contribution is 7.19. The van der Waals surface area contributed by atoms with Crippen LogP contribution in [0, 0.1) is 26.1 Å². The van der Waals surface area contributed by atoms with Gasteiger partial charge in [-0.2, -0.15) is 0 Å². The van der Waals surface area contributed by atoms with E-state index < -0.39 is 6.85 Å². The summed E-state index contributed by atoms with van der Waals surface area (Å²) >= 11 is 1.79. The largest absolute Gasteiger partial charge is 0.455 e. The Kier molecular flexibility index (Phi) is 3.58. The van der Waals surface area contributed by atoms with Crippen LogP contribution < -0.4 is 0 Å². The number of aryl methyl sites for hydroxylation is 3. The van der Waals surface area contributed by atoms with Crippen molar-refractivity contribution in [3.05, 3.63) is 64.2 Å². The first-order valence-corrected chi connectivity index (χ1v) is 11.1. The van der Waals surface area contributed by atoms with Crippen molar-refractivity contribution in [2.45, 2.75) is 47.9 Å². The molecule has 0 unspecified atom stereocenters. The number of benzene rings is 2. The first kappa shape index (κ1) is 16.1. The molecule has 0 radical (unpaired) electrons. The number of rotatable bonds is 2. The minimum Gasteiger partial charge on any atom is -0.455 e. The Morgan fingerprint density at radius 3 is 2.63 bits per heavy atom. The van der Waals surface area contributed by atoms with Gasteiger partial charge in [0.25, 0.3) is 0 Å². The van der Waals surface area contributed by atoms with Crippen LogP contribution in [0.1, 0.15) is 46.5 Å². The van der Waals surface area contributed by atoms with Crippen molar-refractivity contribution in [2.75, 3.05) is 0 Å². The second-order valence-corrected chi connectivity index (χ2v) is 10.6. The highest BCUT2D eigenvalue weighted by atomic mass is 32.1. The van der Waals surface area contributed by atoms with Crippen molar-refractivity contribution in [2.24, 2.45) is 5.41 Å². The second-order valence-electron chi connectivity index (χ2n) is 9.35.